The second-order valence-electron chi connectivity index (χ2n) is 8.01. The summed E-state index contributed by atoms with van der Waals surface area (Å²) in [7, 11) is 0. The summed E-state index contributed by atoms with van der Waals surface area (Å²) < 4.78 is 5.48. The highest BCUT2D eigenvalue weighted by Crippen LogP contribution is 2.39. The molecule has 26 heavy (non-hydrogen) atoms. The van der Waals surface area contributed by atoms with Crippen LogP contribution in [0.4, 0.5) is 4.79 Å². The van der Waals surface area contributed by atoms with Gasteiger partial charge in [0.1, 0.15) is 0 Å². The lowest BCUT2D eigenvalue weighted by Gasteiger charge is -2.24. The third-order valence-electron chi connectivity index (χ3n) is 6.33. The molecular formula is C21H31N3O2. The Balaban J connectivity index is 1.27. The summed E-state index contributed by atoms with van der Waals surface area (Å²) in [5.74, 6) is 1.16. The first-order chi connectivity index (χ1) is 12.8. The van der Waals surface area contributed by atoms with Crippen LogP contribution in [0.2, 0.25) is 0 Å². The second-order valence-corrected chi connectivity index (χ2v) is 8.01. The van der Waals surface area contributed by atoms with Crippen molar-refractivity contribution >= 4 is 6.03 Å². The van der Waals surface area contributed by atoms with Crippen LogP contribution < -0.4 is 10.6 Å². The molecule has 142 valence electrons. The molecule has 2 fully saturated rings. The van der Waals surface area contributed by atoms with Crippen molar-refractivity contribution in [3.8, 4) is 0 Å². The number of nitrogens with one attached hydrogen (secondary N) is 2. The molecule has 0 aromatic heterocycles. The number of ether oxygens (including phenoxy) is 1. The van der Waals surface area contributed by atoms with Gasteiger partial charge in [-0.1, -0.05) is 24.3 Å². The van der Waals surface area contributed by atoms with E-state index in [0.717, 1.165) is 52.1 Å². The van der Waals surface area contributed by atoms with Gasteiger partial charge in [0.25, 0.3) is 0 Å². The Kier molecular flexibility index (Phi) is 5.75. The van der Waals surface area contributed by atoms with Crippen molar-refractivity contribution in [1.82, 2.24) is 15.5 Å². The van der Waals surface area contributed by atoms with E-state index < -0.39 is 0 Å². The molecule has 5 nitrogen and oxygen atoms in total. The van der Waals surface area contributed by atoms with Crippen LogP contribution in [0.5, 0.6) is 0 Å². The minimum Gasteiger partial charge on any atom is -0.380 e. The van der Waals surface area contributed by atoms with Gasteiger partial charge in [-0.15, -0.1) is 0 Å². The summed E-state index contributed by atoms with van der Waals surface area (Å²) in [6.07, 6.45) is 5.75. The monoisotopic (exact) mass is 357 g/mol. The van der Waals surface area contributed by atoms with Gasteiger partial charge in [0.15, 0.2) is 0 Å². The van der Waals surface area contributed by atoms with Crippen molar-refractivity contribution in [2.24, 2.45) is 11.8 Å². The average molecular weight is 357 g/mol. The Morgan fingerprint density at radius 3 is 2.54 bits per heavy atom. The zero-order chi connectivity index (χ0) is 17.8. The van der Waals surface area contributed by atoms with Gasteiger partial charge in [0, 0.05) is 38.8 Å². The molecule has 2 atom stereocenters. The highest BCUT2D eigenvalue weighted by atomic mass is 16.5. The molecule has 1 aromatic carbocycles. The van der Waals surface area contributed by atoms with Gasteiger partial charge < -0.3 is 15.4 Å². The molecule has 0 radical (unpaired) electrons. The standard InChI is InChI=1S/C21H31N3O2/c25-21(22-8-10-24-9-3-12-26-13-11-24)23-20-18-6-7-19(20)15-17-5-2-1-4-16(17)14-18/h1-2,4-5,18-20H,3,6-15H2,(H2,22,23,25). The van der Waals surface area contributed by atoms with Crippen molar-refractivity contribution < 1.29 is 9.53 Å². The van der Waals surface area contributed by atoms with Crippen LogP contribution in [-0.4, -0.2) is 56.4 Å². The smallest absolute Gasteiger partial charge is 0.315 e. The molecule has 1 aromatic rings. The number of nitrogens with zero attached hydrogens (tertiary/aromatic N) is 1. The van der Waals surface area contributed by atoms with E-state index >= 15 is 0 Å². The van der Waals surface area contributed by atoms with Crippen LogP contribution in [0, 0.1) is 11.8 Å². The average Bonchev–Trinajstić information content (AvgIpc) is 2.80. The summed E-state index contributed by atoms with van der Waals surface area (Å²) in [6.45, 7) is 5.30. The Morgan fingerprint density at radius 2 is 1.81 bits per heavy atom. The van der Waals surface area contributed by atoms with Crippen molar-refractivity contribution in [2.75, 3.05) is 39.4 Å². The first-order valence-electron chi connectivity index (χ1n) is 10.2. The molecule has 2 amide bonds. The predicted octanol–water partition coefficient (Wildman–Crippen LogP) is 2.20. The van der Waals surface area contributed by atoms with E-state index in [0.29, 0.717) is 24.4 Å². The molecule has 1 saturated heterocycles. The maximum Gasteiger partial charge on any atom is 0.315 e. The van der Waals surface area contributed by atoms with E-state index in [1.54, 1.807) is 0 Å². The first kappa shape index (κ1) is 17.8. The number of hydrogen-bond acceptors (Lipinski definition) is 3. The molecule has 2 unspecified atom stereocenters. The molecular weight excluding hydrogens is 326 g/mol. The number of carbonyl (C=O) groups is 1. The fourth-order valence-corrected chi connectivity index (χ4v) is 4.94. The van der Waals surface area contributed by atoms with Crippen LogP contribution >= 0.6 is 0 Å². The summed E-state index contributed by atoms with van der Waals surface area (Å²) >= 11 is 0. The van der Waals surface area contributed by atoms with Crippen LogP contribution in [0.3, 0.4) is 0 Å². The number of benzene rings is 1. The highest BCUT2D eigenvalue weighted by Gasteiger charge is 2.39. The lowest BCUT2D eigenvalue weighted by Crippen LogP contribution is -2.48. The summed E-state index contributed by atoms with van der Waals surface area (Å²) in [5.41, 5.74) is 2.96. The highest BCUT2D eigenvalue weighted by molar-refractivity contribution is 5.74. The van der Waals surface area contributed by atoms with Gasteiger partial charge in [-0.05, 0) is 55.1 Å². The van der Waals surface area contributed by atoms with Crippen LogP contribution in [0.15, 0.2) is 24.3 Å². The van der Waals surface area contributed by atoms with Crippen molar-refractivity contribution in [3.63, 3.8) is 0 Å². The van der Waals surface area contributed by atoms with E-state index in [1.165, 1.54) is 24.0 Å². The quantitative estimate of drug-likeness (QED) is 0.869. The van der Waals surface area contributed by atoms with Gasteiger partial charge in [-0.25, -0.2) is 4.79 Å². The zero-order valence-corrected chi connectivity index (χ0v) is 15.6. The van der Waals surface area contributed by atoms with Crippen LogP contribution in [0.1, 0.15) is 30.4 Å². The molecule has 3 aliphatic rings. The lowest BCUT2D eigenvalue weighted by atomic mass is 9.94. The summed E-state index contributed by atoms with van der Waals surface area (Å²) in [6, 6.07) is 9.12. The second kappa shape index (κ2) is 8.40. The van der Waals surface area contributed by atoms with Gasteiger partial charge in [0.05, 0.1) is 6.61 Å². The minimum atomic E-state index is 0.00364. The Morgan fingerprint density at radius 1 is 1.08 bits per heavy atom. The van der Waals surface area contributed by atoms with E-state index in [1.807, 2.05) is 0 Å². The largest absolute Gasteiger partial charge is 0.380 e. The van der Waals surface area contributed by atoms with Crippen LogP contribution in [-0.2, 0) is 17.6 Å². The first-order valence-corrected chi connectivity index (χ1v) is 10.2. The Hall–Kier alpha value is -1.59. The molecule has 4 rings (SSSR count). The van der Waals surface area contributed by atoms with Crippen LogP contribution in [0.25, 0.3) is 0 Å². The van der Waals surface area contributed by atoms with Crippen molar-refractivity contribution in [1.29, 1.82) is 0 Å². The zero-order valence-electron chi connectivity index (χ0n) is 15.6. The normalized spacial score (nSPS) is 28.7. The fourth-order valence-electron chi connectivity index (χ4n) is 4.94. The maximum absolute atomic E-state index is 12.5. The topological polar surface area (TPSA) is 53.6 Å². The summed E-state index contributed by atoms with van der Waals surface area (Å²) in [5, 5.41) is 6.39. The van der Waals surface area contributed by atoms with Gasteiger partial charge in [-0.2, -0.15) is 0 Å². The Labute approximate surface area is 156 Å². The maximum atomic E-state index is 12.5. The predicted molar refractivity (Wildman–Crippen MR) is 102 cm³/mol. The molecule has 2 aliphatic carbocycles. The third kappa shape index (κ3) is 4.21. The van der Waals surface area contributed by atoms with E-state index in [-0.39, 0.29) is 6.03 Å². The molecule has 1 heterocycles. The number of amides is 2. The molecule has 2 bridgehead atoms. The number of fused-ring (bicyclic) bond motifs is 3. The van der Waals surface area contributed by atoms with Crippen molar-refractivity contribution in [2.45, 2.75) is 38.1 Å². The van der Waals surface area contributed by atoms with E-state index in [9.17, 15) is 4.79 Å². The fraction of sp³-hybridized carbons (Fsp3) is 0.667. The third-order valence-corrected chi connectivity index (χ3v) is 6.33. The lowest BCUT2D eigenvalue weighted by molar-refractivity contribution is 0.141. The number of urea groups is 1. The SMILES string of the molecule is O=C(NCCN1CCCOCC1)NC1C2CCC1Cc1ccccc1C2. The van der Waals surface area contributed by atoms with Gasteiger partial charge >= 0.3 is 6.03 Å². The van der Waals surface area contributed by atoms with Gasteiger partial charge in [0.2, 0.25) is 0 Å². The summed E-state index contributed by atoms with van der Waals surface area (Å²) in [4.78, 5) is 14.8. The molecule has 2 N–H and O–H groups in total. The molecule has 0 spiro atoms. The van der Waals surface area contributed by atoms with Gasteiger partial charge in [-0.3, -0.25) is 4.90 Å². The number of carbonyl (C=O) groups excluding carboxylic acids is 1. The van der Waals surface area contributed by atoms with E-state index in [4.69, 9.17) is 4.74 Å². The Bertz CT molecular complexity index is 580. The molecule has 5 heteroatoms. The van der Waals surface area contributed by atoms with Crippen molar-refractivity contribution in [3.05, 3.63) is 35.4 Å². The molecule has 1 saturated carbocycles. The molecule has 1 aliphatic heterocycles. The number of rotatable bonds is 4. The minimum absolute atomic E-state index is 0.00364. The number of hydrogen-bond donors (Lipinski definition) is 2. The van der Waals surface area contributed by atoms with E-state index in [2.05, 4.69) is 39.8 Å².